The van der Waals surface area contributed by atoms with Crippen molar-refractivity contribution < 1.29 is 14.3 Å². The quantitative estimate of drug-likeness (QED) is 0.506. The van der Waals surface area contributed by atoms with Crippen LogP contribution >= 0.6 is 38.9 Å². The smallest absolute Gasteiger partial charge is 0.341 e. The number of hydrogen-bond acceptors (Lipinski definition) is 4. The molecule has 3 rings (SSSR count). The first-order chi connectivity index (χ1) is 12.5. The van der Waals surface area contributed by atoms with Gasteiger partial charge >= 0.3 is 5.97 Å². The van der Waals surface area contributed by atoms with E-state index in [1.165, 1.54) is 18.4 Å². The van der Waals surface area contributed by atoms with Gasteiger partial charge in [-0.2, -0.15) is 0 Å². The number of carbonyl (C=O) groups is 2. The number of hydrogen-bond donors (Lipinski definition) is 1. The molecule has 0 unspecified atom stereocenters. The van der Waals surface area contributed by atoms with Gasteiger partial charge in [0.05, 0.1) is 7.11 Å². The van der Waals surface area contributed by atoms with E-state index in [0.717, 1.165) is 10.0 Å². The molecule has 0 saturated carbocycles. The SMILES string of the molecule is COC(=O)c1c(-c2ccc(Br)cc2)csc1NC(=O)c1ccc(Cl)cc1. The van der Waals surface area contributed by atoms with Crippen LogP contribution in [0.2, 0.25) is 5.02 Å². The lowest BCUT2D eigenvalue weighted by molar-refractivity contribution is 0.0603. The van der Waals surface area contributed by atoms with Crippen LogP contribution in [0.15, 0.2) is 58.4 Å². The van der Waals surface area contributed by atoms with E-state index in [1.807, 2.05) is 29.6 Å². The van der Waals surface area contributed by atoms with Crippen molar-refractivity contribution in [3.8, 4) is 11.1 Å². The largest absolute Gasteiger partial charge is 0.465 e. The lowest BCUT2D eigenvalue weighted by Gasteiger charge is -2.08. The zero-order valence-electron chi connectivity index (χ0n) is 13.6. The van der Waals surface area contributed by atoms with Gasteiger partial charge in [-0.3, -0.25) is 4.79 Å². The van der Waals surface area contributed by atoms with Crippen molar-refractivity contribution in [2.75, 3.05) is 12.4 Å². The molecule has 0 radical (unpaired) electrons. The third kappa shape index (κ3) is 3.98. The molecule has 0 saturated heterocycles. The monoisotopic (exact) mass is 449 g/mol. The average Bonchev–Trinajstić information content (AvgIpc) is 3.05. The number of esters is 1. The number of anilines is 1. The molecule has 0 aliphatic heterocycles. The molecule has 1 N–H and O–H groups in total. The van der Waals surface area contributed by atoms with E-state index in [4.69, 9.17) is 16.3 Å². The first-order valence-electron chi connectivity index (χ1n) is 7.52. The molecule has 0 aliphatic carbocycles. The number of amides is 1. The summed E-state index contributed by atoms with van der Waals surface area (Å²) in [5, 5.41) is 5.60. The van der Waals surface area contributed by atoms with Crippen molar-refractivity contribution in [1.82, 2.24) is 0 Å². The predicted octanol–water partition coefficient (Wildman–Crippen LogP) is 5.87. The molecule has 3 aromatic rings. The van der Waals surface area contributed by atoms with Crippen molar-refractivity contribution in [3.63, 3.8) is 0 Å². The third-order valence-corrected chi connectivity index (χ3v) is 5.35. The summed E-state index contributed by atoms with van der Waals surface area (Å²) in [6, 6.07) is 14.1. The van der Waals surface area contributed by atoms with Crippen LogP contribution in [0.5, 0.6) is 0 Å². The van der Waals surface area contributed by atoms with E-state index in [2.05, 4.69) is 21.2 Å². The Balaban J connectivity index is 1.96. The molecule has 0 bridgehead atoms. The summed E-state index contributed by atoms with van der Waals surface area (Å²) in [4.78, 5) is 24.8. The molecule has 26 heavy (non-hydrogen) atoms. The van der Waals surface area contributed by atoms with Gasteiger partial charge in [-0.15, -0.1) is 11.3 Å². The topological polar surface area (TPSA) is 55.4 Å². The summed E-state index contributed by atoms with van der Waals surface area (Å²) < 4.78 is 5.85. The Morgan fingerprint density at radius 1 is 1.08 bits per heavy atom. The van der Waals surface area contributed by atoms with Crippen molar-refractivity contribution in [3.05, 3.63) is 74.5 Å². The highest BCUT2D eigenvalue weighted by Crippen LogP contribution is 2.36. The van der Waals surface area contributed by atoms with E-state index in [0.29, 0.717) is 26.7 Å². The molecular weight excluding hydrogens is 438 g/mol. The molecule has 0 atom stereocenters. The van der Waals surface area contributed by atoms with Crippen LogP contribution < -0.4 is 5.32 Å². The molecule has 132 valence electrons. The number of thiophene rings is 1. The highest BCUT2D eigenvalue weighted by atomic mass is 79.9. The molecular formula is C19H13BrClNO3S. The van der Waals surface area contributed by atoms with Gasteiger partial charge in [0, 0.05) is 26.0 Å². The normalized spacial score (nSPS) is 10.4. The lowest BCUT2D eigenvalue weighted by atomic mass is 10.0. The molecule has 0 fully saturated rings. The Kier molecular flexibility index (Phi) is 5.76. The van der Waals surface area contributed by atoms with Crippen molar-refractivity contribution >= 4 is 55.7 Å². The minimum atomic E-state index is -0.504. The number of methoxy groups -OCH3 is 1. The van der Waals surface area contributed by atoms with Crippen LogP contribution in [-0.2, 0) is 4.74 Å². The zero-order valence-corrected chi connectivity index (χ0v) is 16.7. The summed E-state index contributed by atoms with van der Waals surface area (Å²) in [5.74, 6) is -0.827. The number of rotatable bonds is 4. The first kappa shape index (κ1) is 18.6. The Morgan fingerprint density at radius 2 is 1.73 bits per heavy atom. The molecule has 0 spiro atoms. The van der Waals surface area contributed by atoms with E-state index in [-0.39, 0.29) is 5.91 Å². The van der Waals surface area contributed by atoms with E-state index in [1.54, 1.807) is 24.3 Å². The van der Waals surface area contributed by atoms with Crippen LogP contribution in [0.4, 0.5) is 5.00 Å². The van der Waals surface area contributed by atoms with Gasteiger partial charge in [-0.25, -0.2) is 4.79 Å². The summed E-state index contributed by atoms with van der Waals surface area (Å²) in [7, 11) is 1.32. The Hall–Kier alpha value is -2.15. The minimum Gasteiger partial charge on any atom is -0.465 e. The fourth-order valence-corrected chi connectivity index (χ4v) is 3.72. The Bertz CT molecular complexity index is 952. The van der Waals surface area contributed by atoms with E-state index < -0.39 is 5.97 Å². The molecule has 2 aromatic carbocycles. The second-order valence-electron chi connectivity index (χ2n) is 5.31. The maximum absolute atomic E-state index is 12.5. The Morgan fingerprint density at radius 3 is 2.35 bits per heavy atom. The van der Waals surface area contributed by atoms with Crippen LogP contribution in [0.3, 0.4) is 0 Å². The number of nitrogens with one attached hydrogen (secondary N) is 1. The fraction of sp³-hybridized carbons (Fsp3) is 0.0526. The summed E-state index contributed by atoms with van der Waals surface area (Å²) in [6.45, 7) is 0. The summed E-state index contributed by atoms with van der Waals surface area (Å²) in [5.41, 5.74) is 2.35. The highest BCUT2D eigenvalue weighted by Gasteiger charge is 2.22. The molecule has 7 heteroatoms. The standard InChI is InChI=1S/C19H13BrClNO3S/c1-25-19(24)16-15(11-2-6-13(20)7-3-11)10-26-18(16)22-17(23)12-4-8-14(21)9-5-12/h2-10H,1H3,(H,22,23). The van der Waals surface area contributed by atoms with Crippen molar-refractivity contribution in [2.24, 2.45) is 0 Å². The molecule has 1 aromatic heterocycles. The van der Waals surface area contributed by atoms with Gasteiger partial charge in [0.2, 0.25) is 0 Å². The van der Waals surface area contributed by atoms with Crippen LogP contribution in [-0.4, -0.2) is 19.0 Å². The second-order valence-corrected chi connectivity index (χ2v) is 7.54. The van der Waals surface area contributed by atoms with Crippen LogP contribution in [0, 0.1) is 0 Å². The zero-order chi connectivity index (χ0) is 18.7. The van der Waals surface area contributed by atoms with Crippen molar-refractivity contribution in [2.45, 2.75) is 0 Å². The van der Waals surface area contributed by atoms with Gasteiger partial charge < -0.3 is 10.1 Å². The van der Waals surface area contributed by atoms with Gasteiger partial charge in [0.1, 0.15) is 10.6 Å². The van der Waals surface area contributed by atoms with Crippen molar-refractivity contribution in [1.29, 1.82) is 0 Å². The lowest BCUT2D eigenvalue weighted by Crippen LogP contribution is -2.14. The summed E-state index contributed by atoms with van der Waals surface area (Å²) in [6.07, 6.45) is 0. The molecule has 4 nitrogen and oxygen atoms in total. The number of halogens is 2. The molecule has 0 aliphatic rings. The second kappa shape index (κ2) is 8.03. The predicted molar refractivity (Wildman–Crippen MR) is 108 cm³/mol. The number of benzene rings is 2. The number of ether oxygens (including phenoxy) is 1. The van der Waals surface area contributed by atoms with Crippen LogP contribution in [0.1, 0.15) is 20.7 Å². The average molecular weight is 451 g/mol. The van der Waals surface area contributed by atoms with Gasteiger partial charge in [-0.05, 0) is 42.0 Å². The van der Waals surface area contributed by atoms with E-state index in [9.17, 15) is 9.59 Å². The molecule has 1 amide bonds. The maximum Gasteiger partial charge on any atom is 0.341 e. The van der Waals surface area contributed by atoms with Gasteiger partial charge in [-0.1, -0.05) is 39.7 Å². The summed E-state index contributed by atoms with van der Waals surface area (Å²) >= 11 is 10.5. The fourth-order valence-electron chi connectivity index (χ4n) is 2.37. The van der Waals surface area contributed by atoms with Gasteiger partial charge in [0.25, 0.3) is 5.91 Å². The van der Waals surface area contributed by atoms with E-state index >= 15 is 0 Å². The maximum atomic E-state index is 12.5. The van der Waals surface area contributed by atoms with Crippen LogP contribution in [0.25, 0.3) is 11.1 Å². The highest BCUT2D eigenvalue weighted by molar-refractivity contribution is 9.10. The third-order valence-electron chi connectivity index (χ3n) is 3.67. The number of carbonyl (C=O) groups excluding carboxylic acids is 2. The first-order valence-corrected chi connectivity index (χ1v) is 9.57. The molecule has 1 heterocycles. The van der Waals surface area contributed by atoms with Gasteiger partial charge in [0.15, 0.2) is 0 Å². The minimum absolute atomic E-state index is 0.323. The Labute approximate surface area is 167 Å².